The number of pyridine rings is 1. The number of piperidine rings is 1. The molecule has 0 bridgehead atoms. The molecule has 39 heavy (non-hydrogen) atoms. The number of fused-ring (bicyclic) bond motifs is 1. The number of aryl methyl sites for hydroxylation is 2. The van der Waals surface area contributed by atoms with Crippen molar-refractivity contribution >= 4 is 16.9 Å². The van der Waals surface area contributed by atoms with E-state index in [0.29, 0.717) is 17.8 Å². The summed E-state index contributed by atoms with van der Waals surface area (Å²) >= 11 is 0. The number of phenolic OH excluding ortho intramolecular Hbond substituents is 1. The van der Waals surface area contributed by atoms with Crippen LogP contribution in [0.2, 0.25) is 0 Å². The van der Waals surface area contributed by atoms with Gasteiger partial charge >= 0.3 is 0 Å². The van der Waals surface area contributed by atoms with Gasteiger partial charge in [-0.2, -0.15) is 0 Å². The maximum Gasteiger partial charge on any atom is 0.160 e. The third-order valence-corrected chi connectivity index (χ3v) is 8.39. The van der Waals surface area contributed by atoms with Crippen molar-refractivity contribution in [2.75, 3.05) is 45.2 Å². The molecule has 4 heterocycles. The Morgan fingerprint density at radius 2 is 1.79 bits per heavy atom. The summed E-state index contributed by atoms with van der Waals surface area (Å²) in [4.78, 5) is 14.5. The van der Waals surface area contributed by atoms with Gasteiger partial charge in [-0.05, 0) is 77.9 Å². The summed E-state index contributed by atoms with van der Waals surface area (Å²) in [6.07, 6.45) is 7.33. The number of nitrogens with zero attached hydrogens (tertiary/aromatic N) is 5. The lowest BCUT2D eigenvalue weighted by Gasteiger charge is -2.47. The number of phenols is 1. The molecule has 2 aliphatic heterocycles. The minimum absolute atomic E-state index is 0.0656. The maximum atomic E-state index is 10.0. The Bertz CT molecular complexity index is 1190. The summed E-state index contributed by atoms with van der Waals surface area (Å²) in [6.45, 7) is 13.8. The van der Waals surface area contributed by atoms with Crippen LogP contribution >= 0.6 is 0 Å². The average Bonchev–Trinajstić information content (AvgIpc) is 3.28. The van der Waals surface area contributed by atoms with E-state index >= 15 is 0 Å². The standard InChI is InChI=1S/C25H35N5O.C6H14N2/c1-5-7-11-23-27-22-17-20(18-26-24(22)30(23)6-2)29-14-12-25(13-15-29,28(3)4)19-9-8-10-21(31)16-19;1-5-3-7-4-6(2)8-5/h8-10,16-18,31H,5-7,11-15H2,1-4H3;5-8H,3-4H2,1-2H3. The molecular weight excluding hydrogens is 486 g/mol. The second-order valence-electron chi connectivity index (χ2n) is 11.5. The van der Waals surface area contributed by atoms with Crippen molar-refractivity contribution in [1.29, 1.82) is 0 Å². The number of aromatic nitrogens is 3. The summed E-state index contributed by atoms with van der Waals surface area (Å²) in [5.74, 6) is 1.49. The molecule has 2 atom stereocenters. The third kappa shape index (κ3) is 6.73. The number of hydrogen-bond acceptors (Lipinski definition) is 7. The molecule has 3 N–H and O–H groups in total. The average molecular weight is 536 g/mol. The lowest BCUT2D eigenvalue weighted by atomic mass is 9.79. The minimum Gasteiger partial charge on any atom is -0.508 e. The largest absolute Gasteiger partial charge is 0.508 e. The van der Waals surface area contributed by atoms with Crippen molar-refractivity contribution in [3.63, 3.8) is 0 Å². The van der Waals surface area contributed by atoms with Gasteiger partial charge in [0.15, 0.2) is 5.65 Å². The Labute approximate surface area is 234 Å². The van der Waals surface area contributed by atoms with Crippen LogP contribution < -0.4 is 15.5 Å². The molecule has 2 fully saturated rings. The van der Waals surface area contributed by atoms with Crippen LogP contribution in [-0.2, 0) is 18.5 Å². The molecule has 0 aliphatic carbocycles. The topological polar surface area (TPSA) is 81.5 Å². The summed E-state index contributed by atoms with van der Waals surface area (Å²) in [5, 5.41) is 16.8. The van der Waals surface area contributed by atoms with E-state index in [4.69, 9.17) is 9.97 Å². The first-order valence-electron chi connectivity index (χ1n) is 14.8. The SMILES string of the molecule is CC1CNCC(C)N1.CCCCc1nc2cc(N3CCC(c4cccc(O)c4)(N(C)C)CC3)cnc2n1CC. The number of imidazole rings is 1. The molecule has 0 saturated carbocycles. The predicted octanol–water partition coefficient (Wildman–Crippen LogP) is 4.51. The Morgan fingerprint density at radius 1 is 1.08 bits per heavy atom. The number of piperazine rings is 1. The molecule has 2 unspecified atom stereocenters. The van der Waals surface area contributed by atoms with Gasteiger partial charge in [0.2, 0.25) is 0 Å². The smallest absolute Gasteiger partial charge is 0.160 e. The predicted molar refractivity (Wildman–Crippen MR) is 162 cm³/mol. The van der Waals surface area contributed by atoms with Gasteiger partial charge in [-0.15, -0.1) is 0 Å². The lowest BCUT2D eigenvalue weighted by Crippen LogP contribution is -2.52. The van der Waals surface area contributed by atoms with Crippen LogP contribution in [0.25, 0.3) is 11.2 Å². The normalized spacial score (nSPS) is 21.2. The van der Waals surface area contributed by atoms with Gasteiger partial charge < -0.3 is 25.2 Å². The summed E-state index contributed by atoms with van der Waals surface area (Å²) in [6, 6.07) is 11.3. The number of benzene rings is 1. The summed E-state index contributed by atoms with van der Waals surface area (Å²) in [7, 11) is 4.28. The fourth-order valence-electron chi connectivity index (χ4n) is 6.12. The second kappa shape index (κ2) is 13.1. The van der Waals surface area contributed by atoms with E-state index < -0.39 is 0 Å². The van der Waals surface area contributed by atoms with Gasteiger partial charge in [-0.25, -0.2) is 9.97 Å². The number of aromatic hydroxyl groups is 1. The van der Waals surface area contributed by atoms with Crippen molar-refractivity contribution in [2.45, 2.75) is 84.0 Å². The first kappa shape index (κ1) is 29.3. The Hall–Kier alpha value is -2.68. The molecule has 214 valence electrons. The van der Waals surface area contributed by atoms with Gasteiger partial charge in [0.05, 0.1) is 11.9 Å². The molecule has 8 heteroatoms. The van der Waals surface area contributed by atoms with Crippen molar-refractivity contribution < 1.29 is 5.11 Å². The van der Waals surface area contributed by atoms with E-state index in [2.05, 4.69) is 78.9 Å². The van der Waals surface area contributed by atoms with Crippen LogP contribution in [0.5, 0.6) is 5.75 Å². The first-order valence-corrected chi connectivity index (χ1v) is 14.8. The highest BCUT2D eigenvalue weighted by molar-refractivity contribution is 5.76. The molecule has 0 spiro atoms. The summed E-state index contributed by atoms with van der Waals surface area (Å²) in [5.41, 5.74) is 4.27. The van der Waals surface area contributed by atoms with Crippen molar-refractivity contribution in [3.8, 4) is 5.75 Å². The fraction of sp³-hybridized carbons (Fsp3) is 0.613. The van der Waals surface area contributed by atoms with E-state index in [9.17, 15) is 5.11 Å². The molecule has 2 aromatic heterocycles. The number of hydrogen-bond donors (Lipinski definition) is 3. The molecule has 8 nitrogen and oxygen atoms in total. The van der Waals surface area contributed by atoms with Crippen LogP contribution in [0.15, 0.2) is 36.5 Å². The van der Waals surface area contributed by atoms with Gasteiger partial charge in [0, 0.05) is 56.8 Å². The summed E-state index contributed by atoms with van der Waals surface area (Å²) < 4.78 is 2.25. The minimum atomic E-state index is -0.0656. The maximum absolute atomic E-state index is 10.0. The van der Waals surface area contributed by atoms with Crippen LogP contribution in [0.1, 0.15) is 64.8 Å². The van der Waals surface area contributed by atoms with Crippen LogP contribution in [-0.4, -0.2) is 76.9 Å². The van der Waals surface area contributed by atoms with E-state index in [1.54, 1.807) is 6.07 Å². The van der Waals surface area contributed by atoms with E-state index in [1.165, 1.54) is 12.0 Å². The quantitative estimate of drug-likeness (QED) is 0.411. The highest BCUT2D eigenvalue weighted by Gasteiger charge is 2.38. The monoisotopic (exact) mass is 535 g/mol. The van der Waals surface area contributed by atoms with Crippen molar-refractivity contribution in [3.05, 3.63) is 47.9 Å². The molecule has 2 aliphatic rings. The molecule has 0 radical (unpaired) electrons. The van der Waals surface area contributed by atoms with Crippen molar-refractivity contribution in [1.82, 2.24) is 30.1 Å². The Morgan fingerprint density at radius 3 is 2.36 bits per heavy atom. The molecule has 1 aromatic carbocycles. The first-order chi connectivity index (χ1) is 18.8. The highest BCUT2D eigenvalue weighted by atomic mass is 16.3. The number of nitrogens with one attached hydrogen (secondary N) is 2. The zero-order chi connectivity index (χ0) is 28.0. The molecule has 3 aromatic rings. The highest BCUT2D eigenvalue weighted by Crippen LogP contribution is 2.39. The zero-order valence-electron chi connectivity index (χ0n) is 24.9. The van der Waals surface area contributed by atoms with E-state index in [-0.39, 0.29) is 5.54 Å². The molecular formula is C31H49N7O. The molecule has 5 rings (SSSR count). The van der Waals surface area contributed by atoms with Gasteiger partial charge in [0.25, 0.3) is 0 Å². The number of unbranched alkanes of at least 4 members (excludes halogenated alkanes) is 1. The van der Waals surface area contributed by atoms with Gasteiger partial charge in [-0.1, -0.05) is 25.5 Å². The fourth-order valence-corrected chi connectivity index (χ4v) is 6.12. The third-order valence-electron chi connectivity index (χ3n) is 8.39. The Balaban J connectivity index is 0.000000379. The van der Waals surface area contributed by atoms with Crippen molar-refractivity contribution in [2.24, 2.45) is 0 Å². The Kier molecular flexibility index (Phi) is 9.86. The van der Waals surface area contributed by atoms with Crippen LogP contribution in [0, 0.1) is 0 Å². The van der Waals surface area contributed by atoms with E-state index in [0.717, 1.165) is 81.1 Å². The van der Waals surface area contributed by atoms with E-state index in [1.807, 2.05) is 18.3 Å². The molecule has 2 saturated heterocycles. The second-order valence-corrected chi connectivity index (χ2v) is 11.5. The number of anilines is 1. The molecule has 0 amide bonds. The zero-order valence-corrected chi connectivity index (χ0v) is 24.9. The van der Waals surface area contributed by atoms with Gasteiger partial charge in [-0.3, -0.25) is 4.90 Å². The van der Waals surface area contributed by atoms with Gasteiger partial charge in [0.1, 0.15) is 17.1 Å². The van der Waals surface area contributed by atoms with Crippen LogP contribution in [0.4, 0.5) is 5.69 Å². The lowest BCUT2D eigenvalue weighted by molar-refractivity contribution is 0.115. The number of rotatable bonds is 7. The van der Waals surface area contributed by atoms with Crippen LogP contribution in [0.3, 0.4) is 0 Å².